The lowest BCUT2D eigenvalue weighted by molar-refractivity contribution is -0.118. The molecule has 5 nitrogen and oxygen atoms in total. The molecule has 0 saturated heterocycles. The van der Waals surface area contributed by atoms with Crippen LogP contribution >= 0.6 is 11.6 Å². The van der Waals surface area contributed by atoms with Crippen molar-refractivity contribution < 1.29 is 18.3 Å². The first-order valence-corrected chi connectivity index (χ1v) is 7.80. The minimum absolute atomic E-state index is 0.0150. The van der Waals surface area contributed by atoms with Crippen molar-refractivity contribution in [1.82, 2.24) is 9.55 Å². The van der Waals surface area contributed by atoms with Crippen LogP contribution in [0.5, 0.6) is 5.75 Å². The van der Waals surface area contributed by atoms with Crippen molar-refractivity contribution >= 4 is 34.2 Å². The Morgan fingerprint density at radius 1 is 1.28 bits per heavy atom. The van der Waals surface area contributed by atoms with E-state index in [0.29, 0.717) is 5.69 Å². The summed E-state index contributed by atoms with van der Waals surface area (Å²) < 4.78 is 30.5. The van der Waals surface area contributed by atoms with Gasteiger partial charge in [0.2, 0.25) is 5.91 Å². The van der Waals surface area contributed by atoms with Gasteiger partial charge in [-0.15, -0.1) is 0 Å². The average Bonchev–Trinajstić information content (AvgIpc) is 3.00. The molecule has 8 heteroatoms. The van der Waals surface area contributed by atoms with Gasteiger partial charge in [0.05, 0.1) is 22.4 Å². The number of hydrogen-bond donors (Lipinski definition) is 1. The third-order valence-corrected chi connectivity index (χ3v) is 3.99. The maximum atomic E-state index is 12.5. The lowest BCUT2D eigenvalue weighted by Gasteiger charge is -2.15. The topological polar surface area (TPSA) is 56.1 Å². The van der Waals surface area contributed by atoms with Crippen molar-refractivity contribution in [1.29, 1.82) is 0 Å². The molecule has 1 N–H and O–H groups in total. The van der Waals surface area contributed by atoms with Crippen molar-refractivity contribution in [3.63, 3.8) is 0 Å². The fourth-order valence-corrected chi connectivity index (χ4v) is 2.66. The molecular formula is C17H14ClF2N3O2. The van der Waals surface area contributed by atoms with E-state index >= 15 is 0 Å². The van der Waals surface area contributed by atoms with Crippen LogP contribution in [0.15, 0.2) is 48.8 Å². The lowest BCUT2D eigenvalue weighted by Crippen LogP contribution is -2.23. The molecule has 1 atom stereocenters. The molecule has 2 aromatic carbocycles. The molecule has 1 unspecified atom stereocenters. The number of carbonyl (C=O) groups is 1. The van der Waals surface area contributed by atoms with Crippen molar-refractivity contribution in [2.45, 2.75) is 19.6 Å². The van der Waals surface area contributed by atoms with Crippen molar-refractivity contribution in [2.24, 2.45) is 0 Å². The number of para-hydroxylation sites is 2. The number of rotatable bonds is 5. The van der Waals surface area contributed by atoms with Crippen LogP contribution in [0.1, 0.15) is 13.0 Å². The second-order valence-electron chi connectivity index (χ2n) is 5.33. The number of nitrogens with one attached hydrogen (secondary N) is 1. The smallest absolute Gasteiger partial charge is 0.387 e. The maximum Gasteiger partial charge on any atom is 0.387 e. The molecule has 0 fully saturated rings. The number of alkyl halides is 2. The highest BCUT2D eigenvalue weighted by molar-refractivity contribution is 6.32. The number of carbonyl (C=O) groups excluding carboxylic acids is 1. The quantitative estimate of drug-likeness (QED) is 0.724. The van der Waals surface area contributed by atoms with Crippen LogP contribution in [0, 0.1) is 0 Å². The van der Waals surface area contributed by atoms with Gasteiger partial charge in [0.1, 0.15) is 11.8 Å². The molecule has 3 rings (SSSR count). The van der Waals surface area contributed by atoms with Crippen LogP contribution in [0.2, 0.25) is 5.02 Å². The lowest BCUT2D eigenvalue weighted by atomic mass is 10.2. The van der Waals surface area contributed by atoms with Crippen LogP contribution in [0.3, 0.4) is 0 Å². The van der Waals surface area contributed by atoms with Crippen molar-refractivity contribution in [2.75, 3.05) is 5.32 Å². The van der Waals surface area contributed by atoms with E-state index in [1.807, 2.05) is 24.3 Å². The van der Waals surface area contributed by atoms with E-state index in [0.717, 1.165) is 11.0 Å². The zero-order valence-corrected chi connectivity index (χ0v) is 13.9. The molecule has 0 radical (unpaired) electrons. The first kappa shape index (κ1) is 17.2. The van der Waals surface area contributed by atoms with Gasteiger partial charge in [0.15, 0.2) is 0 Å². The summed E-state index contributed by atoms with van der Waals surface area (Å²) in [5, 5.41) is 2.69. The van der Waals surface area contributed by atoms with Gasteiger partial charge in [-0.1, -0.05) is 23.7 Å². The van der Waals surface area contributed by atoms with Gasteiger partial charge < -0.3 is 14.6 Å². The number of ether oxygens (including phenoxy) is 1. The summed E-state index contributed by atoms with van der Waals surface area (Å²) in [4.78, 5) is 16.7. The molecule has 0 aliphatic rings. The van der Waals surface area contributed by atoms with Crippen LogP contribution in [0.4, 0.5) is 14.5 Å². The Hall–Kier alpha value is -2.67. The normalized spacial score (nSPS) is 12.4. The number of hydrogen-bond acceptors (Lipinski definition) is 3. The number of fused-ring (bicyclic) bond motifs is 1. The van der Waals surface area contributed by atoms with E-state index in [-0.39, 0.29) is 16.7 Å². The zero-order chi connectivity index (χ0) is 18.0. The molecule has 0 aliphatic carbocycles. The number of benzene rings is 2. The summed E-state index contributed by atoms with van der Waals surface area (Å²) in [6.07, 6.45) is 1.60. The van der Waals surface area contributed by atoms with E-state index in [4.69, 9.17) is 11.6 Å². The monoisotopic (exact) mass is 365 g/mol. The predicted octanol–water partition coefficient (Wildman–Crippen LogP) is 4.49. The third-order valence-electron chi connectivity index (χ3n) is 3.69. The van der Waals surface area contributed by atoms with Crippen molar-refractivity contribution in [3.05, 3.63) is 53.8 Å². The standard InChI is InChI=1S/C17H14ClF2N3O2/c1-10(23-9-21-13-4-2-3-5-14(13)23)16(24)22-11-6-7-15(12(18)8-11)25-17(19)20/h2-10,17H,1H3,(H,22,24). The summed E-state index contributed by atoms with van der Waals surface area (Å²) in [6, 6.07) is 11.0. The molecule has 3 aromatic rings. The highest BCUT2D eigenvalue weighted by Gasteiger charge is 2.18. The summed E-state index contributed by atoms with van der Waals surface area (Å²) in [6.45, 7) is -1.23. The Morgan fingerprint density at radius 2 is 2.04 bits per heavy atom. The summed E-state index contributed by atoms with van der Waals surface area (Å²) in [5.74, 6) is -0.440. The summed E-state index contributed by atoms with van der Waals surface area (Å²) >= 11 is 5.89. The molecule has 0 aliphatic heterocycles. The second-order valence-corrected chi connectivity index (χ2v) is 5.74. The first-order chi connectivity index (χ1) is 12.0. The SMILES string of the molecule is CC(C(=O)Nc1ccc(OC(F)F)c(Cl)c1)n1cnc2ccccc21. The van der Waals surface area contributed by atoms with Gasteiger partial charge in [0, 0.05) is 5.69 Å². The van der Waals surface area contributed by atoms with Crippen LogP contribution in [0.25, 0.3) is 11.0 Å². The zero-order valence-electron chi connectivity index (χ0n) is 13.1. The number of aromatic nitrogens is 2. The predicted molar refractivity (Wildman–Crippen MR) is 91.2 cm³/mol. The van der Waals surface area contributed by atoms with E-state index < -0.39 is 12.7 Å². The highest BCUT2D eigenvalue weighted by Crippen LogP contribution is 2.29. The number of nitrogens with zero attached hydrogens (tertiary/aromatic N) is 2. The largest absolute Gasteiger partial charge is 0.433 e. The molecule has 0 spiro atoms. The van der Waals surface area contributed by atoms with Crippen LogP contribution < -0.4 is 10.1 Å². The molecule has 0 saturated carbocycles. The fourth-order valence-electron chi connectivity index (χ4n) is 2.43. The number of anilines is 1. The Labute approximate surface area is 147 Å². The number of halogens is 3. The highest BCUT2D eigenvalue weighted by atomic mass is 35.5. The Kier molecular flexibility index (Phi) is 4.85. The van der Waals surface area contributed by atoms with Gasteiger partial charge in [-0.3, -0.25) is 4.79 Å². The molecule has 130 valence electrons. The average molecular weight is 366 g/mol. The molecule has 25 heavy (non-hydrogen) atoms. The van der Waals surface area contributed by atoms with E-state index in [1.165, 1.54) is 18.2 Å². The van der Waals surface area contributed by atoms with Gasteiger partial charge in [-0.05, 0) is 37.3 Å². The molecule has 1 heterocycles. The fraction of sp³-hybridized carbons (Fsp3) is 0.176. The van der Waals surface area contributed by atoms with Gasteiger partial charge in [-0.25, -0.2) is 4.98 Å². The Morgan fingerprint density at radius 3 is 2.76 bits per heavy atom. The third kappa shape index (κ3) is 3.71. The minimum Gasteiger partial charge on any atom is -0.433 e. The molecule has 1 amide bonds. The molecular weight excluding hydrogens is 352 g/mol. The molecule has 1 aromatic heterocycles. The van der Waals surface area contributed by atoms with E-state index in [9.17, 15) is 13.6 Å². The van der Waals surface area contributed by atoms with Gasteiger partial charge in [0.25, 0.3) is 0 Å². The number of imidazole rings is 1. The Bertz CT molecular complexity index is 914. The van der Waals surface area contributed by atoms with Crippen LogP contribution in [-0.4, -0.2) is 22.1 Å². The van der Waals surface area contributed by atoms with Crippen molar-refractivity contribution in [3.8, 4) is 5.75 Å². The van der Waals surface area contributed by atoms with Gasteiger partial charge >= 0.3 is 6.61 Å². The number of amides is 1. The second kappa shape index (κ2) is 7.06. The maximum absolute atomic E-state index is 12.5. The van der Waals surface area contributed by atoms with Crippen LogP contribution in [-0.2, 0) is 4.79 Å². The Balaban J connectivity index is 1.76. The van der Waals surface area contributed by atoms with E-state index in [1.54, 1.807) is 17.8 Å². The minimum atomic E-state index is -2.97. The van der Waals surface area contributed by atoms with E-state index in [2.05, 4.69) is 15.0 Å². The first-order valence-electron chi connectivity index (χ1n) is 7.42. The molecule has 0 bridgehead atoms. The summed E-state index contributed by atoms with van der Waals surface area (Å²) in [5.41, 5.74) is 2.01. The van der Waals surface area contributed by atoms with Gasteiger partial charge in [-0.2, -0.15) is 8.78 Å². The summed E-state index contributed by atoms with van der Waals surface area (Å²) in [7, 11) is 0.